The third-order valence-electron chi connectivity index (χ3n) is 6.63. The van der Waals surface area contributed by atoms with Crippen LogP contribution < -0.4 is 5.32 Å². The third-order valence-corrected chi connectivity index (χ3v) is 6.63. The number of para-hydroxylation sites is 1. The van der Waals surface area contributed by atoms with E-state index in [0.29, 0.717) is 0 Å². The summed E-state index contributed by atoms with van der Waals surface area (Å²) in [5.74, 6) is -0.597. The van der Waals surface area contributed by atoms with Gasteiger partial charge < -0.3 is 15.5 Å². The predicted molar refractivity (Wildman–Crippen MR) is 119 cm³/mol. The van der Waals surface area contributed by atoms with Crippen LogP contribution in [-0.2, 0) is 10.2 Å². The fourth-order valence-corrected chi connectivity index (χ4v) is 5.44. The Bertz CT molecular complexity index is 1240. The van der Waals surface area contributed by atoms with Gasteiger partial charge in [-0.25, -0.2) is 0 Å². The highest BCUT2D eigenvalue weighted by Crippen LogP contribution is 2.59. The molecule has 31 heavy (non-hydrogen) atoms. The third kappa shape index (κ3) is 2.16. The van der Waals surface area contributed by atoms with Crippen LogP contribution in [0.1, 0.15) is 39.3 Å². The summed E-state index contributed by atoms with van der Waals surface area (Å²) < 4.78 is 0. The molecular formula is C27H19NO3. The van der Waals surface area contributed by atoms with Gasteiger partial charge in [-0.3, -0.25) is 4.79 Å². The molecule has 0 unspecified atom stereocenters. The van der Waals surface area contributed by atoms with Gasteiger partial charge in [0.25, 0.3) is 0 Å². The number of hydrogen-bond donors (Lipinski definition) is 3. The summed E-state index contributed by atoms with van der Waals surface area (Å²) in [4.78, 5) is 14.2. The van der Waals surface area contributed by atoms with Crippen LogP contribution in [-0.4, -0.2) is 16.1 Å². The number of carbonyl (C=O) groups excluding carboxylic acids is 1. The van der Waals surface area contributed by atoms with E-state index in [2.05, 4.69) is 23.5 Å². The van der Waals surface area contributed by atoms with E-state index in [9.17, 15) is 15.0 Å². The first kappa shape index (κ1) is 17.8. The van der Waals surface area contributed by atoms with E-state index in [4.69, 9.17) is 0 Å². The average Bonchev–Trinajstić information content (AvgIpc) is 2.81. The van der Waals surface area contributed by atoms with Crippen LogP contribution >= 0.6 is 0 Å². The molecular weight excluding hydrogens is 386 g/mol. The van der Waals surface area contributed by atoms with Gasteiger partial charge in [-0.1, -0.05) is 78.9 Å². The summed E-state index contributed by atoms with van der Waals surface area (Å²) >= 11 is 0. The molecule has 4 aromatic carbocycles. The van der Waals surface area contributed by atoms with Gasteiger partial charge in [-0.2, -0.15) is 0 Å². The van der Waals surface area contributed by atoms with Gasteiger partial charge in [0.15, 0.2) is 0 Å². The number of amides is 1. The number of phenolic OH excluding ortho intramolecular Hbond substituents is 2. The first-order valence-corrected chi connectivity index (χ1v) is 10.2. The smallest absolute Gasteiger partial charge is 0.244 e. The Morgan fingerprint density at radius 2 is 1.06 bits per heavy atom. The van der Waals surface area contributed by atoms with Crippen molar-refractivity contribution in [2.45, 2.75) is 11.3 Å². The molecule has 0 fully saturated rings. The second-order valence-electron chi connectivity index (χ2n) is 8.07. The van der Waals surface area contributed by atoms with Gasteiger partial charge in [-0.05, 0) is 45.5 Å². The summed E-state index contributed by atoms with van der Waals surface area (Å²) in [5.41, 5.74) is 5.05. The van der Waals surface area contributed by atoms with Gasteiger partial charge in [0.05, 0.1) is 0 Å². The molecule has 3 N–H and O–H groups in total. The maximum atomic E-state index is 14.2. The molecule has 0 atom stereocenters. The van der Waals surface area contributed by atoms with Crippen LogP contribution in [0.3, 0.4) is 0 Å². The highest BCUT2D eigenvalue weighted by molar-refractivity contribution is 6.08. The molecule has 4 nitrogen and oxygen atoms in total. The van der Waals surface area contributed by atoms with Crippen molar-refractivity contribution >= 4 is 11.6 Å². The predicted octanol–water partition coefficient (Wildman–Crippen LogP) is 4.88. The number of phenols is 2. The van der Waals surface area contributed by atoms with Crippen molar-refractivity contribution in [1.29, 1.82) is 0 Å². The van der Waals surface area contributed by atoms with Crippen molar-refractivity contribution in [3.8, 4) is 11.5 Å². The van der Waals surface area contributed by atoms with Crippen molar-refractivity contribution in [3.63, 3.8) is 0 Å². The molecule has 0 radical (unpaired) electrons. The van der Waals surface area contributed by atoms with E-state index in [1.54, 1.807) is 0 Å². The first-order valence-electron chi connectivity index (χ1n) is 10.2. The number of rotatable bonds is 2. The molecule has 150 valence electrons. The first-order chi connectivity index (χ1) is 15.1. The van der Waals surface area contributed by atoms with Crippen LogP contribution in [0.4, 0.5) is 5.69 Å². The Labute approximate surface area is 179 Å². The molecule has 0 heterocycles. The molecule has 7 rings (SSSR count). The number of anilines is 1. The maximum Gasteiger partial charge on any atom is 0.244 e. The van der Waals surface area contributed by atoms with Crippen molar-refractivity contribution < 1.29 is 15.0 Å². The van der Waals surface area contributed by atoms with Crippen LogP contribution in [0.2, 0.25) is 0 Å². The highest BCUT2D eigenvalue weighted by Gasteiger charge is 2.56. The summed E-state index contributed by atoms with van der Waals surface area (Å²) in [6.45, 7) is 0. The van der Waals surface area contributed by atoms with Gasteiger partial charge in [0, 0.05) is 5.92 Å². The van der Waals surface area contributed by atoms with E-state index in [-0.39, 0.29) is 29.0 Å². The molecule has 3 aliphatic carbocycles. The Balaban J connectivity index is 1.68. The fraction of sp³-hybridized carbons (Fsp3) is 0.0741. The Hall–Kier alpha value is -4.05. The van der Waals surface area contributed by atoms with Crippen LogP contribution in [0.5, 0.6) is 11.5 Å². The SMILES string of the molecule is O=C(Nc1c(O)cccc1O)C12c3ccccc3C(c3ccccc31)c1ccccc12. The topological polar surface area (TPSA) is 69.6 Å². The minimum Gasteiger partial charge on any atom is -0.506 e. The standard InChI is InChI=1S/C27H19NO3/c29-22-14-7-15-23(30)25(22)28-26(31)27-19-11-4-1-8-16(19)24(17-9-2-5-12-20(17)27)18-10-3-6-13-21(18)27/h1-15,24,29-30H,(H,28,31). The van der Waals surface area contributed by atoms with Crippen LogP contribution in [0, 0.1) is 0 Å². The molecule has 4 heteroatoms. The lowest BCUT2D eigenvalue weighted by Gasteiger charge is -2.49. The maximum absolute atomic E-state index is 14.2. The zero-order valence-corrected chi connectivity index (χ0v) is 16.5. The normalized spacial score (nSPS) is 19.8. The molecule has 4 aromatic rings. The van der Waals surface area contributed by atoms with E-state index in [1.165, 1.54) is 18.2 Å². The second kappa shape index (κ2) is 6.22. The molecule has 0 spiro atoms. The molecule has 2 bridgehead atoms. The second-order valence-corrected chi connectivity index (χ2v) is 8.07. The quantitative estimate of drug-likeness (QED) is 0.417. The number of hydrogen-bond acceptors (Lipinski definition) is 3. The van der Waals surface area contributed by atoms with E-state index >= 15 is 0 Å². The zero-order chi connectivity index (χ0) is 21.2. The lowest BCUT2D eigenvalue weighted by atomic mass is 9.52. The van der Waals surface area contributed by atoms with Gasteiger partial charge in [0.2, 0.25) is 5.91 Å². The summed E-state index contributed by atoms with van der Waals surface area (Å²) in [5, 5.41) is 23.5. The molecule has 0 aliphatic heterocycles. The molecule has 1 amide bonds. The molecule has 0 saturated heterocycles. The van der Waals surface area contributed by atoms with Gasteiger partial charge in [0.1, 0.15) is 22.6 Å². The molecule has 3 aliphatic rings. The number of nitrogens with one attached hydrogen (secondary N) is 1. The van der Waals surface area contributed by atoms with Crippen molar-refractivity contribution in [2.75, 3.05) is 5.32 Å². The monoisotopic (exact) mass is 405 g/mol. The summed E-state index contributed by atoms with van der Waals surface area (Å²) in [7, 11) is 0. The lowest BCUT2D eigenvalue weighted by Crippen LogP contribution is -2.50. The number of aromatic hydroxyl groups is 2. The zero-order valence-electron chi connectivity index (χ0n) is 16.5. The van der Waals surface area contributed by atoms with E-state index < -0.39 is 5.41 Å². The number of benzene rings is 4. The largest absolute Gasteiger partial charge is 0.506 e. The average molecular weight is 405 g/mol. The van der Waals surface area contributed by atoms with Crippen molar-refractivity contribution in [1.82, 2.24) is 0 Å². The van der Waals surface area contributed by atoms with Crippen LogP contribution in [0.25, 0.3) is 0 Å². The molecule has 0 aromatic heterocycles. The Morgan fingerprint density at radius 3 is 1.52 bits per heavy atom. The van der Waals surface area contributed by atoms with Crippen molar-refractivity contribution in [2.24, 2.45) is 0 Å². The summed E-state index contributed by atoms with van der Waals surface area (Å²) in [6, 6.07) is 28.6. The van der Waals surface area contributed by atoms with E-state index in [0.717, 1.165) is 33.4 Å². The Kier molecular flexibility index (Phi) is 3.57. The minimum atomic E-state index is -1.09. The lowest BCUT2D eigenvalue weighted by molar-refractivity contribution is -0.119. The molecule has 0 saturated carbocycles. The number of carbonyl (C=O) groups is 1. The Morgan fingerprint density at radius 1 is 0.645 bits per heavy atom. The summed E-state index contributed by atoms with van der Waals surface area (Å²) in [6.07, 6.45) is 0. The van der Waals surface area contributed by atoms with Gasteiger partial charge >= 0.3 is 0 Å². The van der Waals surface area contributed by atoms with Crippen molar-refractivity contribution in [3.05, 3.63) is 124 Å². The minimum absolute atomic E-state index is 0.0158. The van der Waals surface area contributed by atoms with Gasteiger partial charge in [-0.15, -0.1) is 0 Å². The fourth-order valence-electron chi connectivity index (χ4n) is 5.44. The highest BCUT2D eigenvalue weighted by atomic mass is 16.3. The van der Waals surface area contributed by atoms with E-state index in [1.807, 2.05) is 54.6 Å². The van der Waals surface area contributed by atoms with Crippen LogP contribution in [0.15, 0.2) is 91.0 Å².